The van der Waals surface area contributed by atoms with Crippen LogP contribution in [0.25, 0.3) is 10.8 Å². The highest BCUT2D eigenvalue weighted by molar-refractivity contribution is 8.14. The van der Waals surface area contributed by atoms with E-state index in [1.165, 1.54) is 11.8 Å². The number of thioether (sulfide) groups is 1. The Labute approximate surface area is 166 Å². The summed E-state index contributed by atoms with van der Waals surface area (Å²) < 4.78 is 5.15. The van der Waals surface area contributed by atoms with E-state index in [4.69, 9.17) is 9.73 Å². The highest BCUT2D eigenvalue weighted by Crippen LogP contribution is 2.37. The molecule has 3 N–H and O–H groups in total. The number of nitrogens with one attached hydrogen (secondary N) is 3. The molecule has 0 aliphatic carbocycles. The smallest absolute Gasteiger partial charge is 0.337 e. The third-order valence-corrected chi connectivity index (χ3v) is 5.46. The summed E-state index contributed by atoms with van der Waals surface area (Å²) in [4.78, 5) is 28.9. The van der Waals surface area contributed by atoms with E-state index in [9.17, 15) is 9.59 Å². The Hall–Kier alpha value is -3.00. The van der Waals surface area contributed by atoms with Crippen molar-refractivity contribution in [1.29, 1.82) is 0 Å². The predicted octanol–water partition coefficient (Wildman–Crippen LogP) is 3.50. The van der Waals surface area contributed by atoms with Gasteiger partial charge in [-0.25, -0.2) is 14.6 Å². The molecule has 0 aromatic heterocycles. The Kier molecular flexibility index (Phi) is 4.95. The quantitative estimate of drug-likeness (QED) is 0.688. The molecular formula is C20H20N4O3S. The third-order valence-electron chi connectivity index (χ3n) is 4.57. The van der Waals surface area contributed by atoms with Crippen molar-refractivity contribution in [3.05, 3.63) is 47.7 Å². The molecule has 144 valence electrons. The monoisotopic (exact) mass is 396 g/mol. The number of hydrogen-bond acceptors (Lipinski definition) is 6. The van der Waals surface area contributed by atoms with Gasteiger partial charge in [0.25, 0.3) is 0 Å². The normalized spacial score (nSPS) is 18.1. The lowest BCUT2D eigenvalue weighted by Gasteiger charge is -2.27. The molecule has 0 unspecified atom stereocenters. The summed E-state index contributed by atoms with van der Waals surface area (Å²) in [6.07, 6.45) is 0. The Morgan fingerprint density at radius 3 is 2.79 bits per heavy atom. The minimum absolute atomic E-state index is 0.276. The van der Waals surface area contributed by atoms with Crippen molar-refractivity contribution in [1.82, 2.24) is 10.6 Å². The van der Waals surface area contributed by atoms with Crippen LogP contribution in [-0.2, 0) is 9.53 Å². The molecule has 8 heteroatoms. The van der Waals surface area contributed by atoms with Gasteiger partial charge in [0.05, 0.1) is 29.6 Å². The maximum atomic E-state index is 12.3. The molecule has 0 saturated carbocycles. The number of carbonyl (C=O) groups excluding carboxylic acids is 2. The summed E-state index contributed by atoms with van der Waals surface area (Å²) in [5.41, 5.74) is 2.87. The molecule has 1 atom stereocenters. The number of hydrogen-bond donors (Lipinski definition) is 3. The zero-order chi connectivity index (χ0) is 19.7. The lowest BCUT2D eigenvalue weighted by Crippen LogP contribution is -2.49. The predicted molar refractivity (Wildman–Crippen MR) is 112 cm³/mol. The van der Waals surface area contributed by atoms with E-state index in [2.05, 4.69) is 28.1 Å². The van der Waals surface area contributed by atoms with Crippen molar-refractivity contribution in [3.63, 3.8) is 0 Å². The molecule has 2 heterocycles. The van der Waals surface area contributed by atoms with E-state index in [1.807, 2.05) is 24.3 Å². The number of nitrogens with zero attached hydrogens (tertiary/aromatic N) is 1. The van der Waals surface area contributed by atoms with Crippen molar-refractivity contribution in [2.24, 2.45) is 4.99 Å². The summed E-state index contributed by atoms with van der Waals surface area (Å²) in [6.45, 7) is 3.80. The molecule has 2 amide bonds. The summed E-state index contributed by atoms with van der Waals surface area (Å²) >= 11 is 1.43. The number of anilines is 1. The topological polar surface area (TPSA) is 91.8 Å². The number of esters is 1. The van der Waals surface area contributed by atoms with Gasteiger partial charge in [-0.2, -0.15) is 0 Å². The maximum Gasteiger partial charge on any atom is 0.337 e. The van der Waals surface area contributed by atoms with Crippen LogP contribution in [0.15, 0.2) is 52.7 Å². The van der Waals surface area contributed by atoms with Crippen molar-refractivity contribution >= 4 is 51.1 Å². The molecule has 2 aromatic rings. The van der Waals surface area contributed by atoms with Crippen LogP contribution < -0.4 is 16.0 Å². The molecule has 0 saturated heterocycles. The Balaban J connectivity index is 1.60. The molecule has 0 fully saturated rings. The van der Waals surface area contributed by atoms with E-state index < -0.39 is 12.0 Å². The van der Waals surface area contributed by atoms with Gasteiger partial charge in [-0.15, -0.1) is 0 Å². The lowest BCUT2D eigenvalue weighted by molar-refractivity contribution is -0.138. The summed E-state index contributed by atoms with van der Waals surface area (Å²) in [7, 11) is 0. The SMILES string of the molecule is CCOC(=O)C1=C(CSC2=Nc3cccc4cccc(c34)N2)NC(=O)N[C@@H]1C. The summed E-state index contributed by atoms with van der Waals surface area (Å²) in [6, 6.07) is 11.3. The van der Waals surface area contributed by atoms with Crippen LogP contribution >= 0.6 is 11.8 Å². The minimum atomic E-state index is -0.424. The van der Waals surface area contributed by atoms with Crippen molar-refractivity contribution in [2.45, 2.75) is 19.9 Å². The van der Waals surface area contributed by atoms with E-state index >= 15 is 0 Å². The fraction of sp³-hybridized carbons (Fsp3) is 0.250. The van der Waals surface area contributed by atoms with Gasteiger partial charge >= 0.3 is 12.0 Å². The highest BCUT2D eigenvalue weighted by atomic mass is 32.2. The molecule has 2 aliphatic rings. The third kappa shape index (κ3) is 3.43. The first kappa shape index (κ1) is 18.4. The summed E-state index contributed by atoms with van der Waals surface area (Å²) in [5.74, 6) is -0.0395. The minimum Gasteiger partial charge on any atom is -0.463 e. The number of ether oxygens (including phenoxy) is 1. The molecule has 2 aromatic carbocycles. The number of carbonyl (C=O) groups is 2. The fourth-order valence-electron chi connectivity index (χ4n) is 3.37. The van der Waals surface area contributed by atoms with Crippen LogP contribution in [0.1, 0.15) is 13.8 Å². The second-order valence-electron chi connectivity index (χ2n) is 6.44. The van der Waals surface area contributed by atoms with Gasteiger partial charge in [-0.3, -0.25) is 0 Å². The van der Waals surface area contributed by atoms with E-state index in [0.717, 1.165) is 22.1 Å². The van der Waals surface area contributed by atoms with Crippen molar-refractivity contribution in [2.75, 3.05) is 17.7 Å². The lowest BCUT2D eigenvalue weighted by atomic mass is 10.1. The molecule has 0 radical (unpaired) electrons. The van der Waals surface area contributed by atoms with Gasteiger partial charge in [0.2, 0.25) is 0 Å². The second-order valence-corrected chi connectivity index (χ2v) is 7.41. The van der Waals surface area contributed by atoms with Gasteiger partial charge in [-0.1, -0.05) is 36.0 Å². The number of amides is 2. The van der Waals surface area contributed by atoms with Gasteiger partial charge in [0.1, 0.15) is 0 Å². The first-order valence-electron chi connectivity index (χ1n) is 9.04. The van der Waals surface area contributed by atoms with Gasteiger partial charge in [0, 0.05) is 16.8 Å². The average molecular weight is 396 g/mol. The van der Waals surface area contributed by atoms with Crippen molar-refractivity contribution < 1.29 is 14.3 Å². The Morgan fingerprint density at radius 2 is 2.00 bits per heavy atom. The fourth-order valence-corrected chi connectivity index (χ4v) is 4.23. The zero-order valence-electron chi connectivity index (χ0n) is 15.5. The van der Waals surface area contributed by atoms with Crippen LogP contribution in [0.5, 0.6) is 0 Å². The van der Waals surface area contributed by atoms with Gasteiger partial charge in [-0.05, 0) is 31.4 Å². The molecular weight excluding hydrogens is 376 g/mol. The van der Waals surface area contributed by atoms with Gasteiger partial charge in [0.15, 0.2) is 5.17 Å². The van der Waals surface area contributed by atoms with E-state index in [1.54, 1.807) is 13.8 Å². The largest absolute Gasteiger partial charge is 0.463 e. The Morgan fingerprint density at radius 1 is 1.21 bits per heavy atom. The first-order chi connectivity index (χ1) is 13.6. The first-order valence-corrected chi connectivity index (χ1v) is 10.0. The van der Waals surface area contributed by atoms with Crippen LogP contribution in [-0.4, -0.2) is 35.6 Å². The van der Waals surface area contributed by atoms with Crippen molar-refractivity contribution in [3.8, 4) is 0 Å². The molecule has 28 heavy (non-hydrogen) atoms. The number of rotatable bonds is 4. The maximum absolute atomic E-state index is 12.3. The van der Waals surface area contributed by atoms with Crippen LogP contribution in [0.3, 0.4) is 0 Å². The van der Waals surface area contributed by atoms with Crippen LogP contribution in [0, 0.1) is 0 Å². The van der Waals surface area contributed by atoms with Gasteiger partial charge < -0.3 is 20.7 Å². The molecule has 0 spiro atoms. The summed E-state index contributed by atoms with van der Waals surface area (Å²) in [5, 5.41) is 11.7. The Bertz CT molecular complexity index is 1030. The van der Waals surface area contributed by atoms with Crippen LogP contribution in [0.2, 0.25) is 0 Å². The average Bonchev–Trinajstić information content (AvgIpc) is 2.66. The van der Waals surface area contributed by atoms with E-state index in [-0.39, 0.29) is 12.6 Å². The van der Waals surface area contributed by atoms with E-state index in [0.29, 0.717) is 22.2 Å². The molecule has 0 bridgehead atoms. The zero-order valence-corrected chi connectivity index (χ0v) is 16.4. The molecule has 2 aliphatic heterocycles. The second kappa shape index (κ2) is 7.55. The highest BCUT2D eigenvalue weighted by Gasteiger charge is 2.30. The molecule has 4 rings (SSSR count). The molecule has 7 nitrogen and oxygen atoms in total. The number of amidine groups is 1. The number of aliphatic imine (C=N–C) groups is 1. The van der Waals surface area contributed by atoms with Crippen LogP contribution in [0.4, 0.5) is 16.2 Å². The standard InChI is InChI=1S/C20H20N4O3S/c1-3-27-18(25)16-11(2)21-19(26)22-15(16)10-28-20-23-13-8-4-6-12-7-5-9-14(24-20)17(12)13/h4-9,11H,3,10H2,1-2H3,(H,23,24)(H2,21,22,26)/t11-/m1/s1. The number of urea groups is 1. The number of benzene rings is 2.